The lowest BCUT2D eigenvalue weighted by molar-refractivity contribution is -0.360. The number of ether oxygens (including phenoxy) is 1. The van der Waals surface area contributed by atoms with Gasteiger partial charge in [-0.25, -0.2) is 18.9 Å². The third-order valence-electron chi connectivity index (χ3n) is 6.60. The highest BCUT2D eigenvalue weighted by Crippen LogP contribution is 2.37. The zero-order valence-corrected chi connectivity index (χ0v) is 24.9. The molecule has 16 heteroatoms. The summed E-state index contributed by atoms with van der Waals surface area (Å²) in [6.07, 6.45) is -8.45. The Labute approximate surface area is 262 Å². The number of nitrogens with one attached hydrogen (secondary N) is 1. The van der Waals surface area contributed by atoms with Crippen LogP contribution >= 0.6 is 11.8 Å². The third-order valence-corrected chi connectivity index (χ3v) is 7.53. The number of amidine groups is 1. The molecular formula is C30H24F6N6O3S. The van der Waals surface area contributed by atoms with Crippen LogP contribution in [-0.2, 0) is 11.2 Å². The van der Waals surface area contributed by atoms with Crippen LogP contribution in [0.25, 0.3) is 17.1 Å². The summed E-state index contributed by atoms with van der Waals surface area (Å²) in [6.45, 7) is 3.91. The van der Waals surface area contributed by atoms with E-state index in [9.17, 15) is 31.5 Å². The number of alkyl halides is 5. The van der Waals surface area contributed by atoms with E-state index < -0.39 is 29.9 Å². The highest BCUT2D eigenvalue weighted by atomic mass is 32.2. The minimum atomic E-state index is -5.88. The maximum absolute atomic E-state index is 15.0. The summed E-state index contributed by atoms with van der Waals surface area (Å²) in [5.74, 6) is -1.63. The molecule has 5 rings (SSSR count). The summed E-state index contributed by atoms with van der Waals surface area (Å²) in [7, 11) is 0. The largest absolute Gasteiger partial charge is 0.499 e. The van der Waals surface area contributed by atoms with Crippen LogP contribution in [0.15, 0.2) is 72.0 Å². The molecule has 2 heterocycles. The molecule has 1 aliphatic rings. The Morgan fingerprint density at radius 1 is 1.07 bits per heavy atom. The molecule has 0 spiro atoms. The molecule has 9 nitrogen and oxygen atoms in total. The first-order valence-electron chi connectivity index (χ1n) is 13.7. The van der Waals surface area contributed by atoms with Crippen molar-refractivity contribution in [2.45, 2.75) is 39.0 Å². The Hall–Kier alpha value is -4.86. The van der Waals surface area contributed by atoms with Crippen LogP contribution in [0.1, 0.15) is 24.5 Å². The molecule has 1 fully saturated rings. The fourth-order valence-electron chi connectivity index (χ4n) is 4.42. The van der Waals surface area contributed by atoms with Crippen molar-refractivity contribution in [2.75, 3.05) is 16.0 Å². The fraction of sp³-hybridized carbons (Fsp3) is 0.233. The van der Waals surface area contributed by atoms with Crippen molar-refractivity contribution in [2.24, 2.45) is 4.99 Å². The van der Waals surface area contributed by atoms with E-state index in [1.807, 2.05) is 32.0 Å². The summed E-state index contributed by atoms with van der Waals surface area (Å²) >= 11 is 1.10. The van der Waals surface area contributed by atoms with Crippen LogP contribution in [0.5, 0.6) is 5.75 Å². The fourth-order valence-corrected chi connectivity index (χ4v) is 5.28. The van der Waals surface area contributed by atoms with Gasteiger partial charge in [-0.15, -0.1) is 5.10 Å². The highest BCUT2D eigenvalue weighted by Gasteiger charge is 2.61. The second kappa shape index (κ2) is 12.9. The highest BCUT2D eigenvalue weighted by molar-refractivity contribution is 8.15. The Bertz CT molecular complexity index is 1810. The first-order chi connectivity index (χ1) is 21.8. The lowest BCUT2D eigenvalue weighted by Crippen LogP contribution is -2.41. The summed E-state index contributed by atoms with van der Waals surface area (Å²) < 4.78 is 83.5. The van der Waals surface area contributed by atoms with Gasteiger partial charge in [0.25, 0.3) is 0 Å². The molecule has 1 N–H and O–H groups in total. The van der Waals surface area contributed by atoms with E-state index >= 15 is 4.39 Å². The van der Waals surface area contributed by atoms with Crippen molar-refractivity contribution in [1.82, 2.24) is 14.8 Å². The second-order valence-electron chi connectivity index (χ2n) is 10.0. The molecule has 1 aromatic heterocycles. The van der Waals surface area contributed by atoms with Crippen LogP contribution in [0.2, 0.25) is 0 Å². The van der Waals surface area contributed by atoms with E-state index in [1.165, 1.54) is 40.2 Å². The molecule has 0 aliphatic carbocycles. The number of aromatic nitrogens is 3. The molecule has 0 saturated carbocycles. The predicted molar refractivity (Wildman–Crippen MR) is 160 cm³/mol. The van der Waals surface area contributed by atoms with Gasteiger partial charge < -0.3 is 10.1 Å². The van der Waals surface area contributed by atoms with Crippen molar-refractivity contribution >= 4 is 40.2 Å². The van der Waals surface area contributed by atoms with Crippen LogP contribution in [-0.4, -0.2) is 49.9 Å². The minimum Gasteiger partial charge on any atom is -0.426 e. The van der Waals surface area contributed by atoms with Crippen molar-refractivity contribution in [3.63, 3.8) is 0 Å². The number of rotatable bonds is 8. The number of hydrogen-bond donors (Lipinski definition) is 1. The SMILES string of the molecule is CCCc1ccc(C)cc1N1C(=O)CS/C1=N\C(=O)Nc1ccc(-c2ncn(-c3ccc(OC(F)(F)C(F)(F)F)cc3)n2)cc1F. The number of amides is 3. The number of nitrogens with zero attached hydrogens (tertiary/aromatic N) is 5. The van der Waals surface area contributed by atoms with Gasteiger partial charge >= 0.3 is 18.3 Å². The monoisotopic (exact) mass is 662 g/mol. The number of hydrogen-bond acceptors (Lipinski definition) is 6. The lowest BCUT2D eigenvalue weighted by atomic mass is 10.0. The summed E-state index contributed by atoms with van der Waals surface area (Å²) in [6, 6.07) is 12.8. The van der Waals surface area contributed by atoms with E-state index in [4.69, 9.17) is 0 Å². The van der Waals surface area contributed by atoms with Gasteiger partial charge in [-0.2, -0.15) is 26.9 Å². The second-order valence-corrected chi connectivity index (χ2v) is 11.0. The van der Waals surface area contributed by atoms with Gasteiger partial charge in [-0.3, -0.25) is 9.69 Å². The zero-order chi connectivity index (χ0) is 33.2. The molecule has 0 bridgehead atoms. The van der Waals surface area contributed by atoms with Crippen molar-refractivity contribution < 1.29 is 40.7 Å². The van der Waals surface area contributed by atoms with Crippen molar-refractivity contribution in [3.8, 4) is 22.8 Å². The van der Waals surface area contributed by atoms with Crippen LogP contribution in [0, 0.1) is 12.7 Å². The van der Waals surface area contributed by atoms with Gasteiger partial charge in [-0.05, 0) is 73.0 Å². The molecule has 0 radical (unpaired) electrons. The smallest absolute Gasteiger partial charge is 0.426 e. The normalized spacial score (nSPS) is 14.7. The Morgan fingerprint density at radius 3 is 2.48 bits per heavy atom. The van der Waals surface area contributed by atoms with Gasteiger partial charge in [-0.1, -0.05) is 37.2 Å². The molecule has 0 atom stereocenters. The quantitative estimate of drug-likeness (QED) is 0.196. The number of anilines is 2. The van der Waals surface area contributed by atoms with E-state index in [-0.39, 0.29) is 39.6 Å². The van der Waals surface area contributed by atoms with Gasteiger partial charge in [0.1, 0.15) is 17.9 Å². The van der Waals surface area contributed by atoms with Gasteiger partial charge in [0.2, 0.25) is 5.91 Å². The summed E-state index contributed by atoms with van der Waals surface area (Å²) in [4.78, 5) is 35.1. The van der Waals surface area contributed by atoms with E-state index in [0.29, 0.717) is 5.69 Å². The van der Waals surface area contributed by atoms with Crippen molar-refractivity contribution in [1.29, 1.82) is 0 Å². The molecular weight excluding hydrogens is 638 g/mol. The first kappa shape index (κ1) is 32.5. The molecule has 46 heavy (non-hydrogen) atoms. The number of aryl methyl sites for hydroxylation is 2. The average Bonchev–Trinajstić information content (AvgIpc) is 3.62. The molecule has 4 aromatic rings. The summed E-state index contributed by atoms with van der Waals surface area (Å²) in [5.41, 5.74) is 2.80. The molecule has 1 aliphatic heterocycles. The van der Waals surface area contributed by atoms with Gasteiger partial charge in [0, 0.05) is 5.56 Å². The predicted octanol–water partition coefficient (Wildman–Crippen LogP) is 7.54. The molecule has 3 amide bonds. The van der Waals surface area contributed by atoms with E-state index in [2.05, 4.69) is 25.1 Å². The van der Waals surface area contributed by atoms with Crippen LogP contribution in [0.3, 0.4) is 0 Å². The maximum Gasteiger partial charge on any atom is 0.499 e. The van der Waals surface area contributed by atoms with Gasteiger partial charge in [0.15, 0.2) is 11.0 Å². The number of carbonyl (C=O) groups is 2. The Morgan fingerprint density at radius 2 is 1.80 bits per heavy atom. The van der Waals surface area contributed by atoms with Crippen LogP contribution < -0.4 is 15.0 Å². The third kappa shape index (κ3) is 7.01. The molecule has 0 unspecified atom stereocenters. The lowest BCUT2D eigenvalue weighted by Gasteiger charge is -2.20. The summed E-state index contributed by atoms with van der Waals surface area (Å²) in [5, 5.41) is 6.74. The number of halogens is 6. The Kier molecular flexibility index (Phi) is 9.10. The number of benzene rings is 3. The molecule has 240 valence electrons. The van der Waals surface area contributed by atoms with Crippen molar-refractivity contribution in [3.05, 3.63) is 83.9 Å². The van der Waals surface area contributed by atoms with Gasteiger partial charge in [0.05, 0.1) is 22.8 Å². The maximum atomic E-state index is 15.0. The topological polar surface area (TPSA) is 102 Å². The van der Waals surface area contributed by atoms with E-state index in [0.717, 1.165) is 53.9 Å². The minimum absolute atomic E-state index is 0.0542. The number of thioether (sulfide) groups is 1. The molecule has 1 saturated heterocycles. The number of aliphatic imine (C=N–C) groups is 1. The zero-order valence-electron chi connectivity index (χ0n) is 24.1. The Balaban J connectivity index is 1.29. The average molecular weight is 663 g/mol. The van der Waals surface area contributed by atoms with E-state index in [1.54, 1.807) is 0 Å². The standard InChI is InChI=1S/C30H24F6N6O3S/c1-3-4-18-6-5-17(2)13-24(18)42-25(43)15-46-28(42)39-27(44)38-23-12-7-19(14-22(23)31)26-37-16-41(40-26)20-8-10-21(11-9-20)45-30(35,36)29(32,33)34/h5-14,16H,3-4,15H2,1-2H3,(H,38,44)/b39-28-. The number of urea groups is 1. The van der Waals surface area contributed by atoms with Crippen LogP contribution in [0.4, 0.5) is 42.5 Å². The molecule has 3 aromatic carbocycles. The first-order valence-corrected chi connectivity index (χ1v) is 14.6. The number of carbonyl (C=O) groups excluding carboxylic acids is 2.